The summed E-state index contributed by atoms with van der Waals surface area (Å²) in [5.74, 6) is -6.31. The van der Waals surface area contributed by atoms with Gasteiger partial charge >= 0.3 is 6.18 Å². The van der Waals surface area contributed by atoms with Gasteiger partial charge in [0, 0.05) is 11.1 Å². The third-order valence-corrected chi connectivity index (χ3v) is 6.30. The van der Waals surface area contributed by atoms with E-state index >= 15 is 0 Å². The fourth-order valence-electron chi connectivity index (χ4n) is 4.39. The highest BCUT2D eigenvalue weighted by Gasteiger charge is 2.37. The largest absolute Gasteiger partial charge is 0.422 e. The molecule has 0 nitrogen and oxygen atoms in total. The van der Waals surface area contributed by atoms with Gasteiger partial charge in [-0.2, -0.15) is 13.2 Å². The van der Waals surface area contributed by atoms with E-state index in [2.05, 4.69) is 6.92 Å². The van der Waals surface area contributed by atoms with E-state index in [1.54, 1.807) is 6.07 Å². The first kappa shape index (κ1) is 27.4. The molecular formula is C30H22F8. The Morgan fingerprint density at radius 2 is 1.08 bits per heavy atom. The first-order chi connectivity index (χ1) is 18.0. The van der Waals surface area contributed by atoms with E-state index in [1.165, 1.54) is 12.1 Å². The van der Waals surface area contributed by atoms with E-state index in [4.69, 9.17) is 0 Å². The van der Waals surface area contributed by atoms with Gasteiger partial charge in [0.05, 0.1) is 0 Å². The second kappa shape index (κ2) is 11.0. The Kier molecular flexibility index (Phi) is 7.90. The van der Waals surface area contributed by atoms with Gasteiger partial charge in [-0.15, -0.1) is 0 Å². The number of alkyl halides is 3. The van der Waals surface area contributed by atoms with Crippen molar-refractivity contribution in [2.24, 2.45) is 0 Å². The van der Waals surface area contributed by atoms with Crippen molar-refractivity contribution >= 4 is 0 Å². The summed E-state index contributed by atoms with van der Waals surface area (Å²) in [4.78, 5) is 0. The van der Waals surface area contributed by atoms with Crippen LogP contribution in [0.1, 0.15) is 35.6 Å². The number of rotatable bonds is 7. The molecule has 0 spiro atoms. The maximum atomic E-state index is 15.0. The quantitative estimate of drug-likeness (QED) is 0.207. The molecule has 0 aliphatic heterocycles. The summed E-state index contributed by atoms with van der Waals surface area (Å²) in [7, 11) is 0. The fraction of sp³-hybridized carbons (Fsp3) is 0.200. The molecule has 0 unspecified atom stereocenters. The lowest BCUT2D eigenvalue weighted by molar-refractivity contribution is -0.142. The maximum absolute atomic E-state index is 15.0. The van der Waals surface area contributed by atoms with Crippen LogP contribution in [-0.2, 0) is 25.4 Å². The minimum atomic E-state index is -5.21. The summed E-state index contributed by atoms with van der Waals surface area (Å²) < 4.78 is 110. The average molecular weight is 534 g/mol. The fourth-order valence-corrected chi connectivity index (χ4v) is 4.39. The third-order valence-electron chi connectivity index (χ3n) is 6.30. The van der Waals surface area contributed by atoms with Crippen molar-refractivity contribution in [2.45, 2.75) is 38.8 Å². The van der Waals surface area contributed by atoms with Crippen molar-refractivity contribution < 1.29 is 35.1 Å². The van der Waals surface area contributed by atoms with Gasteiger partial charge < -0.3 is 0 Å². The maximum Gasteiger partial charge on any atom is 0.422 e. The highest BCUT2D eigenvalue weighted by Crippen LogP contribution is 2.35. The number of aryl methyl sites for hydroxylation is 2. The van der Waals surface area contributed by atoms with Crippen LogP contribution in [0.5, 0.6) is 0 Å². The minimum absolute atomic E-state index is 0.0208. The van der Waals surface area contributed by atoms with Crippen LogP contribution >= 0.6 is 0 Å². The van der Waals surface area contributed by atoms with Crippen LogP contribution in [0.25, 0.3) is 22.3 Å². The Hall–Kier alpha value is -3.68. The summed E-state index contributed by atoms with van der Waals surface area (Å²) in [6, 6.07) is 14.9. The third kappa shape index (κ3) is 5.90. The number of halogens is 8. The van der Waals surface area contributed by atoms with Crippen LogP contribution in [0.15, 0.2) is 66.7 Å². The summed E-state index contributed by atoms with van der Waals surface area (Å²) in [5.41, 5.74) is -0.163. The van der Waals surface area contributed by atoms with Gasteiger partial charge in [0.15, 0.2) is 0 Å². The summed E-state index contributed by atoms with van der Waals surface area (Å²) in [5, 5.41) is 0. The van der Waals surface area contributed by atoms with Crippen LogP contribution in [-0.4, -0.2) is 0 Å². The van der Waals surface area contributed by atoms with E-state index in [0.717, 1.165) is 36.1 Å². The molecule has 0 bridgehead atoms. The van der Waals surface area contributed by atoms with Crippen LogP contribution in [0, 0.1) is 29.1 Å². The summed E-state index contributed by atoms with van der Waals surface area (Å²) in [6.45, 7) is 2.07. The van der Waals surface area contributed by atoms with Gasteiger partial charge in [-0.05, 0) is 77.4 Å². The van der Waals surface area contributed by atoms with Gasteiger partial charge in [0.2, 0.25) is 0 Å². The molecule has 4 aromatic rings. The molecule has 0 aliphatic carbocycles. The van der Waals surface area contributed by atoms with E-state index in [9.17, 15) is 35.1 Å². The zero-order chi connectivity index (χ0) is 27.6. The van der Waals surface area contributed by atoms with Crippen molar-refractivity contribution in [3.8, 4) is 22.3 Å². The van der Waals surface area contributed by atoms with Gasteiger partial charge in [0.1, 0.15) is 34.6 Å². The van der Waals surface area contributed by atoms with Crippen LogP contribution in [0.3, 0.4) is 0 Å². The highest BCUT2D eigenvalue weighted by molar-refractivity contribution is 5.71. The molecule has 0 fully saturated rings. The predicted molar refractivity (Wildman–Crippen MR) is 130 cm³/mol. The SMILES string of the molecule is CCCc1ccc(-c2ccc(-c3cc(F)c(CCc4cc(F)c(C(F)(F)F)c(F)c4)c(F)c3)c(F)c2)cc1. The lowest BCUT2D eigenvalue weighted by Gasteiger charge is -2.12. The molecule has 198 valence electrons. The molecule has 0 radical (unpaired) electrons. The molecule has 4 rings (SSSR count). The van der Waals surface area contributed by atoms with Crippen molar-refractivity contribution in [1.29, 1.82) is 0 Å². The van der Waals surface area contributed by atoms with E-state index < -0.39 is 46.4 Å². The molecule has 0 aromatic heterocycles. The minimum Gasteiger partial charge on any atom is -0.207 e. The normalized spacial score (nSPS) is 11.7. The van der Waals surface area contributed by atoms with Gasteiger partial charge in [-0.25, -0.2) is 22.0 Å². The molecule has 0 N–H and O–H groups in total. The predicted octanol–water partition coefficient (Wildman–Crippen LogP) is 9.47. The molecular weight excluding hydrogens is 512 g/mol. The molecule has 0 aliphatic rings. The molecule has 8 heteroatoms. The zero-order valence-corrected chi connectivity index (χ0v) is 20.2. The van der Waals surface area contributed by atoms with Gasteiger partial charge in [0.25, 0.3) is 0 Å². The molecule has 0 amide bonds. The monoisotopic (exact) mass is 534 g/mol. The molecule has 0 saturated carbocycles. The Labute approximate surface area is 214 Å². The van der Waals surface area contributed by atoms with E-state index in [-0.39, 0.29) is 29.5 Å². The Bertz CT molecular complexity index is 1410. The molecule has 0 saturated heterocycles. The molecule has 0 heterocycles. The second-order valence-corrected chi connectivity index (χ2v) is 8.99. The Balaban J connectivity index is 1.54. The lowest BCUT2D eigenvalue weighted by atomic mass is 9.96. The van der Waals surface area contributed by atoms with Crippen molar-refractivity contribution in [3.05, 3.63) is 118 Å². The average Bonchev–Trinajstić information content (AvgIpc) is 2.82. The number of hydrogen-bond acceptors (Lipinski definition) is 0. The van der Waals surface area contributed by atoms with Gasteiger partial charge in [-0.3, -0.25) is 0 Å². The molecule has 4 aromatic carbocycles. The van der Waals surface area contributed by atoms with Crippen molar-refractivity contribution in [2.75, 3.05) is 0 Å². The van der Waals surface area contributed by atoms with E-state index in [1.807, 2.05) is 24.3 Å². The Morgan fingerprint density at radius 3 is 1.61 bits per heavy atom. The highest BCUT2D eigenvalue weighted by atomic mass is 19.4. The number of hydrogen-bond donors (Lipinski definition) is 0. The molecule has 38 heavy (non-hydrogen) atoms. The lowest BCUT2D eigenvalue weighted by Crippen LogP contribution is -2.12. The standard InChI is InChI=1S/C30H22F8/c1-2-3-17-4-7-19(8-5-17)20-9-11-22(24(31)14-20)21-15-25(32)23(26(33)16-21)10-6-18-12-27(34)29(28(35)13-18)30(36,37)38/h4-5,7-9,11-16H,2-3,6,10H2,1H3. The van der Waals surface area contributed by atoms with Crippen molar-refractivity contribution in [1.82, 2.24) is 0 Å². The number of benzene rings is 4. The second-order valence-electron chi connectivity index (χ2n) is 8.99. The van der Waals surface area contributed by atoms with E-state index in [0.29, 0.717) is 17.7 Å². The first-order valence-corrected chi connectivity index (χ1v) is 11.9. The molecule has 0 atom stereocenters. The summed E-state index contributed by atoms with van der Waals surface area (Å²) in [6.07, 6.45) is -3.98. The smallest absolute Gasteiger partial charge is 0.207 e. The zero-order valence-electron chi connectivity index (χ0n) is 20.2. The van der Waals surface area contributed by atoms with Crippen LogP contribution < -0.4 is 0 Å². The van der Waals surface area contributed by atoms with Crippen molar-refractivity contribution in [3.63, 3.8) is 0 Å². The van der Waals surface area contributed by atoms with Crippen LogP contribution in [0.2, 0.25) is 0 Å². The Morgan fingerprint density at radius 1 is 0.526 bits per heavy atom. The van der Waals surface area contributed by atoms with Crippen LogP contribution in [0.4, 0.5) is 35.1 Å². The first-order valence-electron chi connectivity index (χ1n) is 11.9. The van der Waals surface area contributed by atoms with Gasteiger partial charge in [-0.1, -0.05) is 49.7 Å². The summed E-state index contributed by atoms with van der Waals surface area (Å²) >= 11 is 0. The topological polar surface area (TPSA) is 0 Å².